The zero-order valence-corrected chi connectivity index (χ0v) is 35.0. The van der Waals surface area contributed by atoms with Gasteiger partial charge in [-0.15, -0.1) is 0 Å². The Labute approximate surface area is 333 Å². The number of rotatable bonds is 14. The third-order valence-corrected chi connectivity index (χ3v) is 12.7. The Morgan fingerprint density at radius 2 is 1.46 bits per heavy atom. The van der Waals surface area contributed by atoms with Crippen molar-refractivity contribution in [2.24, 2.45) is 35.1 Å². The summed E-state index contributed by atoms with van der Waals surface area (Å²) in [6.07, 6.45) is 10.5. The van der Waals surface area contributed by atoms with Gasteiger partial charge in [0.15, 0.2) is 11.4 Å². The van der Waals surface area contributed by atoms with Crippen molar-refractivity contribution >= 4 is 23.2 Å². The molecule has 0 bridgehead atoms. The molecule has 0 spiro atoms. The van der Waals surface area contributed by atoms with Crippen LogP contribution in [0.15, 0.2) is 35.1 Å². The number of aromatic hydroxyl groups is 1. The quantitative estimate of drug-likeness (QED) is 0.131. The van der Waals surface area contributed by atoms with Crippen molar-refractivity contribution in [2.45, 2.75) is 122 Å². The number of phenols is 1. The lowest BCUT2D eigenvalue weighted by atomic mass is 9.54. The predicted molar refractivity (Wildman–Crippen MR) is 217 cm³/mol. The van der Waals surface area contributed by atoms with Gasteiger partial charge < -0.3 is 37.0 Å². The van der Waals surface area contributed by atoms with E-state index in [-0.39, 0.29) is 23.1 Å². The Morgan fingerprint density at radius 3 is 1.93 bits per heavy atom. The van der Waals surface area contributed by atoms with E-state index in [1.54, 1.807) is 0 Å². The Morgan fingerprint density at radius 1 is 0.929 bits per heavy atom. The SMILES string of the molecule is CCCCC(CC)CN1CN(CC(CC)CCCC)CC(C)(N)C1.CN(C)[C@@H]1C(=O)C(C(N)=O)=C(O)[C@@]2(O)C(=O)C3=C(O)c4c(O)cccc4[C@@](C)(O)[C@H]3C[C@@H]12. The molecule has 1 aromatic rings. The molecule has 1 aliphatic heterocycles. The summed E-state index contributed by atoms with van der Waals surface area (Å²) < 4.78 is 0. The third kappa shape index (κ3) is 8.88. The zero-order chi connectivity index (χ0) is 41.9. The second kappa shape index (κ2) is 18.1. The molecule has 1 saturated heterocycles. The number of nitrogens with two attached hydrogens (primary N) is 2. The monoisotopic (exact) mass is 784 g/mol. The van der Waals surface area contributed by atoms with Crippen molar-refractivity contribution in [3.8, 4) is 5.75 Å². The molecule has 1 heterocycles. The van der Waals surface area contributed by atoms with Crippen LogP contribution < -0.4 is 11.5 Å². The average Bonchev–Trinajstić information content (AvgIpc) is 3.11. The Hall–Kier alpha value is -3.33. The molecule has 9 N–H and O–H groups in total. The Bertz CT molecular complexity index is 1640. The van der Waals surface area contributed by atoms with Crippen LogP contribution in [0.4, 0.5) is 0 Å². The summed E-state index contributed by atoms with van der Waals surface area (Å²) in [5, 5.41) is 54.9. The molecule has 3 aliphatic carbocycles. The summed E-state index contributed by atoms with van der Waals surface area (Å²) in [7, 11) is 3.01. The van der Waals surface area contributed by atoms with Gasteiger partial charge in [-0.1, -0.05) is 78.4 Å². The van der Waals surface area contributed by atoms with E-state index in [9.17, 15) is 39.9 Å². The zero-order valence-electron chi connectivity index (χ0n) is 35.0. The van der Waals surface area contributed by atoms with Crippen molar-refractivity contribution in [1.29, 1.82) is 0 Å². The maximum absolute atomic E-state index is 13.7. The summed E-state index contributed by atoms with van der Waals surface area (Å²) in [5.74, 6) is -6.23. The molecule has 0 radical (unpaired) electrons. The molecule has 1 amide bonds. The van der Waals surface area contributed by atoms with E-state index in [1.165, 1.54) is 109 Å². The number of benzene rings is 1. The number of aliphatic hydroxyl groups excluding tert-OH is 2. The van der Waals surface area contributed by atoms with Crippen LogP contribution in [0, 0.1) is 23.7 Å². The molecule has 2 unspecified atom stereocenters. The van der Waals surface area contributed by atoms with Crippen molar-refractivity contribution < 1.29 is 39.9 Å². The number of Topliss-reactive ketones (excluding diaryl/α,β-unsaturated/α-hetero) is 2. The normalized spacial score (nSPS) is 30.7. The van der Waals surface area contributed by atoms with Crippen LogP contribution in [0.5, 0.6) is 5.75 Å². The minimum absolute atomic E-state index is 0.0651. The standard InChI is InChI=1S/C22H24N2O8.C21H45N3/c1-21(31)8-5-4-6-11(25)12(8)16(26)13-9(21)7-10-15(24(2)3)17(27)14(20(23)30)19(29)22(10,32)18(13)28;1-6-10-12-19(8-3)14-23-16-21(5,22)17-24(18-23)15-20(9-4)13-11-7-2/h4-6,9-10,15,25-26,29,31-32H,7H2,1-3H3,(H2,23,30);19-20H,6-18,22H2,1-5H3/t9-,10-,15-,21+,22-;/m0./s1. The van der Waals surface area contributed by atoms with Crippen LogP contribution in [-0.4, -0.2) is 122 Å². The number of likely N-dealkylation sites (N-methyl/N-ethyl adjacent to an activating group) is 1. The fraction of sp³-hybridized carbons (Fsp3) is 0.698. The predicted octanol–water partition coefficient (Wildman–Crippen LogP) is 4.34. The van der Waals surface area contributed by atoms with Gasteiger partial charge >= 0.3 is 0 Å². The molecule has 4 aliphatic rings. The van der Waals surface area contributed by atoms with Gasteiger partial charge in [-0.3, -0.25) is 29.1 Å². The lowest BCUT2D eigenvalue weighted by Gasteiger charge is -2.53. The second-order valence-electron chi connectivity index (χ2n) is 17.6. The first kappa shape index (κ1) is 45.4. The highest BCUT2D eigenvalue weighted by Gasteiger charge is 2.66. The van der Waals surface area contributed by atoms with Gasteiger partial charge in [0.1, 0.15) is 22.8 Å². The fourth-order valence-corrected chi connectivity index (χ4v) is 9.77. The number of amides is 1. The van der Waals surface area contributed by atoms with Crippen LogP contribution in [-0.2, 0) is 20.0 Å². The van der Waals surface area contributed by atoms with Crippen molar-refractivity contribution in [2.75, 3.05) is 46.9 Å². The first-order valence-electron chi connectivity index (χ1n) is 20.6. The number of carbonyl (C=O) groups is 3. The van der Waals surface area contributed by atoms with E-state index in [1.807, 2.05) is 0 Å². The smallest absolute Gasteiger partial charge is 0.255 e. The summed E-state index contributed by atoms with van der Waals surface area (Å²) in [5.41, 5.74) is 6.00. The van der Waals surface area contributed by atoms with Gasteiger partial charge in [0.2, 0.25) is 5.78 Å². The fourth-order valence-electron chi connectivity index (χ4n) is 9.77. The summed E-state index contributed by atoms with van der Waals surface area (Å²) in [4.78, 5) is 45.3. The summed E-state index contributed by atoms with van der Waals surface area (Å²) >= 11 is 0. The molecule has 0 aromatic heterocycles. The number of nitrogens with zero attached hydrogens (tertiary/aromatic N) is 3. The molecule has 5 rings (SSSR count). The molecule has 7 atom stereocenters. The molecule has 13 heteroatoms. The first-order chi connectivity index (χ1) is 26.2. The molecule has 1 aromatic carbocycles. The van der Waals surface area contributed by atoms with Crippen molar-refractivity contribution in [3.63, 3.8) is 0 Å². The van der Waals surface area contributed by atoms with Gasteiger partial charge in [-0.05, 0) is 70.7 Å². The van der Waals surface area contributed by atoms with Gasteiger partial charge in [0.05, 0.1) is 23.9 Å². The number of unbranched alkanes of at least 4 members (excludes halogenated alkanes) is 2. The topological polar surface area (TPSA) is 214 Å². The number of fused-ring (bicyclic) bond motifs is 3. The van der Waals surface area contributed by atoms with E-state index < -0.39 is 75.0 Å². The average molecular weight is 784 g/mol. The van der Waals surface area contributed by atoms with E-state index in [0.29, 0.717) is 0 Å². The molecule has 2 fully saturated rings. The maximum Gasteiger partial charge on any atom is 0.255 e. The molecule has 314 valence electrons. The lowest BCUT2D eigenvalue weighted by Crippen LogP contribution is -2.67. The third-order valence-electron chi connectivity index (χ3n) is 12.7. The van der Waals surface area contributed by atoms with E-state index >= 15 is 0 Å². The molecule has 13 nitrogen and oxygen atoms in total. The number of carbonyl (C=O) groups excluding carboxylic acids is 3. The number of phenolic OH excluding ortho intramolecular Hbond substituents is 1. The van der Waals surface area contributed by atoms with Crippen LogP contribution >= 0.6 is 0 Å². The Kier molecular flexibility index (Phi) is 14.6. The van der Waals surface area contributed by atoms with Crippen LogP contribution in [0.1, 0.15) is 110 Å². The molecular formula is C43H69N5O8. The van der Waals surface area contributed by atoms with Gasteiger partial charge in [-0.25, -0.2) is 0 Å². The van der Waals surface area contributed by atoms with Crippen LogP contribution in [0.25, 0.3) is 5.76 Å². The first-order valence-corrected chi connectivity index (χ1v) is 20.6. The number of hydrogen-bond acceptors (Lipinski definition) is 12. The summed E-state index contributed by atoms with van der Waals surface area (Å²) in [6.45, 7) is 18.6. The van der Waals surface area contributed by atoms with E-state index in [2.05, 4.69) is 44.4 Å². The molecule has 56 heavy (non-hydrogen) atoms. The largest absolute Gasteiger partial charge is 0.508 e. The number of primary amides is 1. The highest BCUT2D eigenvalue weighted by atomic mass is 16.3. The van der Waals surface area contributed by atoms with Gasteiger partial charge in [0, 0.05) is 49.1 Å². The molecule has 1 saturated carbocycles. The van der Waals surface area contributed by atoms with E-state index in [0.717, 1.165) is 31.6 Å². The number of ketones is 2. The van der Waals surface area contributed by atoms with Crippen molar-refractivity contribution in [1.82, 2.24) is 14.7 Å². The highest BCUT2D eigenvalue weighted by molar-refractivity contribution is 6.24. The van der Waals surface area contributed by atoms with Crippen LogP contribution in [0.3, 0.4) is 0 Å². The number of hydrogen-bond donors (Lipinski definition) is 7. The Balaban J connectivity index is 0.000000261. The van der Waals surface area contributed by atoms with Gasteiger partial charge in [-0.2, -0.15) is 0 Å². The highest BCUT2D eigenvalue weighted by Crippen LogP contribution is 2.57. The van der Waals surface area contributed by atoms with Gasteiger partial charge in [0.25, 0.3) is 5.91 Å². The molecular weight excluding hydrogens is 714 g/mol. The van der Waals surface area contributed by atoms with Crippen molar-refractivity contribution in [3.05, 3.63) is 46.2 Å². The summed E-state index contributed by atoms with van der Waals surface area (Å²) in [6, 6.07) is 3.02. The second-order valence-corrected chi connectivity index (χ2v) is 17.6. The minimum atomic E-state index is -2.75. The lowest BCUT2D eigenvalue weighted by molar-refractivity contribution is -0.159. The minimum Gasteiger partial charge on any atom is -0.508 e. The van der Waals surface area contributed by atoms with Crippen LogP contribution in [0.2, 0.25) is 0 Å². The number of aliphatic hydroxyl groups is 4. The maximum atomic E-state index is 13.7. The van der Waals surface area contributed by atoms with E-state index in [4.69, 9.17) is 11.5 Å².